The zero-order chi connectivity index (χ0) is 39.4. The van der Waals surface area contributed by atoms with Gasteiger partial charge in [-0.3, -0.25) is 9.59 Å². The Labute approximate surface area is 321 Å². The Kier molecular flexibility index (Phi) is 16.4. The van der Waals surface area contributed by atoms with Gasteiger partial charge in [0, 0.05) is 37.9 Å². The summed E-state index contributed by atoms with van der Waals surface area (Å²) in [7, 11) is 0. The van der Waals surface area contributed by atoms with Crippen molar-refractivity contribution in [1.82, 2.24) is 20.2 Å². The van der Waals surface area contributed by atoms with Crippen molar-refractivity contribution < 1.29 is 38.5 Å². The number of Topliss-reactive ketones (excluding diaryl/α,β-unsaturated/α-hetero) is 1. The SMILES string of the molecule is Cc1nn(-c2ccc(C(N)=O)c(NCCCOCCOCCOCCOCCOCCCNC3CC(C)(C)N([OH2+])C(C)(C)C3)c2)c2c1C(=O)CC(C)(C)C2. The molecule has 1 aliphatic heterocycles. The lowest BCUT2D eigenvalue weighted by molar-refractivity contribution is -0.246. The van der Waals surface area contributed by atoms with Crippen LogP contribution in [0.4, 0.5) is 5.69 Å². The second-order valence-electron chi connectivity index (χ2n) is 16.6. The Morgan fingerprint density at radius 1 is 0.833 bits per heavy atom. The van der Waals surface area contributed by atoms with E-state index < -0.39 is 5.91 Å². The molecule has 14 nitrogen and oxygen atoms in total. The molecule has 0 unspecified atom stereocenters. The Morgan fingerprint density at radius 2 is 1.35 bits per heavy atom. The molecule has 304 valence electrons. The lowest BCUT2D eigenvalue weighted by atomic mass is 9.75. The number of hydroxylamine groups is 2. The van der Waals surface area contributed by atoms with Gasteiger partial charge in [0.15, 0.2) is 5.78 Å². The predicted octanol–water partition coefficient (Wildman–Crippen LogP) is 3.96. The number of primary amides is 1. The fourth-order valence-electron chi connectivity index (χ4n) is 7.66. The summed E-state index contributed by atoms with van der Waals surface area (Å²) in [6.07, 6.45) is 4.85. The number of anilines is 1. The van der Waals surface area contributed by atoms with Gasteiger partial charge in [-0.05, 0) is 96.9 Å². The molecule has 0 radical (unpaired) electrons. The third-order valence-corrected chi connectivity index (χ3v) is 10.1. The third kappa shape index (κ3) is 12.8. The maximum atomic E-state index is 12.9. The van der Waals surface area contributed by atoms with Crippen molar-refractivity contribution in [3.8, 4) is 5.69 Å². The number of amides is 1. The molecule has 0 spiro atoms. The van der Waals surface area contributed by atoms with Crippen molar-refractivity contribution in [2.24, 2.45) is 11.1 Å². The number of nitrogens with one attached hydrogen (secondary N) is 2. The molecule has 54 heavy (non-hydrogen) atoms. The Hall–Kier alpha value is -2.95. The first-order valence-electron chi connectivity index (χ1n) is 19.5. The quantitative estimate of drug-likeness (QED) is 0.104. The summed E-state index contributed by atoms with van der Waals surface area (Å²) >= 11 is 0. The maximum absolute atomic E-state index is 12.9. The van der Waals surface area contributed by atoms with E-state index >= 15 is 0 Å². The Morgan fingerprint density at radius 3 is 1.89 bits per heavy atom. The molecule has 2 aromatic rings. The number of carbonyl (C=O) groups is 2. The first-order valence-corrected chi connectivity index (χ1v) is 19.5. The van der Waals surface area contributed by atoms with Crippen LogP contribution in [0.15, 0.2) is 18.2 Å². The van der Waals surface area contributed by atoms with Crippen LogP contribution in [0, 0.1) is 12.3 Å². The number of aromatic nitrogens is 2. The molecule has 1 aliphatic carbocycles. The summed E-state index contributed by atoms with van der Waals surface area (Å²) in [4.78, 5) is 25.0. The molecule has 14 heteroatoms. The molecule has 1 saturated heterocycles. The first kappa shape index (κ1) is 43.8. The second-order valence-corrected chi connectivity index (χ2v) is 16.6. The van der Waals surface area contributed by atoms with Crippen LogP contribution >= 0.6 is 0 Å². The van der Waals surface area contributed by atoms with E-state index in [-0.39, 0.29) is 22.3 Å². The van der Waals surface area contributed by atoms with Gasteiger partial charge in [-0.15, -0.1) is 0 Å². The molecule has 2 aliphatic rings. The van der Waals surface area contributed by atoms with Gasteiger partial charge in [-0.25, -0.2) is 4.68 Å². The number of nitrogens with two attached hydrogens (primary N) is 1. The van der Waals surface area contributed by atoms with Crippen LogP contribution in [0.5, 0.6) is 0 Å². The van der Waals surface area contributed by atoms with E-state index in [0.717, 1.165) is 55.7 Å². The normalized spacial score (nSPS) is 18.2. The molecular weight excluding hydrogens is 692 g/mol. The van der Waals surface area contributed by atoms with Gasteiger partial charge in [0.1, 0.15) is 0 Å². The van der Waals surface area contributed by atoms with E-state index in [1.54, 1.807) is 11.1 Å². The van der Waals surface area contributed by atoms with Crippen molar-refractivity contribution in [3.63, 3.8) is 0 Å². The number of ether oxygens (including phenoxy) is 5. The molecule has 1 amide bonds. The highest BCUT2D eigenvalue weighted by atomic mass is 16.6. The van der Waals surface area contributed by atoms with Crippen molar-refractivity contribution in [1.29, 1.82) is 0 Å². The van der Waals surface area contributed by atoms with Crippen molar-refractivity contribution >= 4 is 17.4 Å². The van der Waals surface area contributed by atoms with E-state index in [0.29, 0.717) is 102 Å². The van der Waals surface area contributed by atoms with Gasteiger partial charge >= 0.3 is 0 Å². The monoisotopic (exact) mass is 760 g/mol. The first-order chi connectivity index (χ1) is 25.6. The van der Waals surface area contributed by atoms with Crippen molar-refractivity contribution in [2.75, 3.05) is 84.5 Å². The number of nitrogens with zero attached hydrogens (tertiary/aromatic N) is 3. The molecule has 6 N–H and O–H groups in total. The van der Waals surface area contributed by atoms with Gasteiger partial charge in [0.05, 0.1) is 92.1 Å². The fraction of sp³-hybridized carbons (Fsp3) is 0.725. The molecule has 1 fully saturated rings. The van der Waals surface area contributed by atoms with E-state index in [9.17, 15) is 9.59 Å². The summed E-state index contributed by atoms with van der Waals surface area (Å²) in [6.45, 7) is 21.4. The summed E-state index contributed by atoms with van der Waals surface area (Å²) in [5.41, 5.74) is 9.38. The summed E-state index contributed by atoms with van der Waals surface area (Å²) in [5.74, 6) is -0.395. The molecular formula is C40H67N6O8+. The number of hydrogen-bond donors (Lipinski definition) is 3. The molecule has 1 aromatic heterocycles. The zero-order valence-electron chi connectivity index (χ0n) is 33.8. The minimum atomic E-state index is -0.517. The minimum absolute atomic E-state index is 0.122. The van der Waals surface area contributed by atoms with Crippen LogP contribution in [0.1, 0.15) is 106 Å². The number of carbonyl (C=O) groups excluding carboxylic acids is 2. The average Bonchev–Trinajstić information content (AvgIpc) is 3.42. The van der Waals surface area contributed by atoms with Crippen LogP contribution < -0.4 is 16.4 Å². The third-order valence-electron chi connectivity index (χ3n) is 10.1. The lowest BCUT2D eigenvalue weighted by Crippen LogP contribution is -2.62. The highest BCUT2D eigenvalue weighted by Crippen LogP contribution is 2.38. The summed E-state index contributed by atoms with van der Waals surface area (Å²) < 4.78 is 30.0. The average molecular weight is 760 g/mol. The molecule has 1 aromatic carbocycles. The highest BCUT2D eigenvalue weighted by molar-refractivity contribution is 6.00. The molecule has 2 heterocycles. The fourth-order valence-corrected chi connectivity index (χ4v) is 7.66. The number of hydrogen-bond acceptors (Lipinski definition) is 11. The second kappa shape index (κ2) is 20.3. The smallest absolute Gasteiger partial charge is 0.250 e. The van der Waals surface area contributed by atoms with E-state index in [1.165, 1.54) is 0 Å². The van der Waals surface area contributed by atoms with Crippen LogP contribution in [-0.2, 0) is 30.1 Å². The molecule has 0 atom stereocenters. The number of rotatable bonds is 24. The topological polar surface area (TPSA) is 174 Å². The standard InChI is InChI=1S/C40H66N6O8/c1-29-36-34(27-38(2,3)28-35(36)47)45(44-29)31-10-11-32(37(41)48)33(24-31)43-13-9-15-51-17-19-53-21-23-54-22-20-52-18-16-50-14-8-12-42-30-25-39(4,5)46(49)40(6,7)26-30/h10-11,24,30,42-43,49H,8-9,12-23,25-28H2,1-7H3,(H2,41,48)/p+1. The van der Waals surface area contributed by atoms with Gasteiger partial charge in [0.2, 0.25) is 0 Å². The van der Waals surface area contributed by atoms with Gasteiger partial charge in [0.25, 0.3) is 5.91 Å². The van der Waals surface area contributed by atoms with Gasteiger partial charge < -0.3 is 45.3 Å². The highest BCUT2D eigenvalue weighted by Gasteiger charge is 2.48. The van der Waals surface area contributed by atoms with Gasteiger partial charge in [-0.1, -0.05) is 18.9 Å². The number of benzene rings is 1. The van der Waals surface area contributed by atoms with Crippen molar-refractivity contribution in [3.05, 3.63) is 40.7 Å². The summed E-state index contributed by atoms with van der Waals surface area (Å²) in [5, 5.41) is 21.8. The van der Waals surface area contributed by atoms with Crippen molar-refractivity contribution in [2.45, 2.75) is 104 Å². The number of fused-ring (bicyclic) bond motifs is 1. The molecule has 0 bridgehead atoms. The Bertz CT molecular complexity index is 1490. The lowest BCUT2D eigenvalue weighted by Gasteiger charge is -2.48. The zero-order valence-corrected chi connectivity index (χ0v) is 33.8. The van der Waals surface area contributed by atoms with Crippen LogP contribution in [0.2, 0.25) is 0 Å². The number of ketones is 1. The summed E-state index contributed by atoms with van der Waals surface area (Å²) in [6, 6.07) is 5.81. The predicted molar refractivity (Wildman–Crippen MR) is 210 cm³/mol. The number of piperidine rings is 1. The number of aryl methyl sites for hydroxylation is 1. The molecule has 4 rings (SSSR count). The van der Waals surface area contributed by atoms with Crippen LogP contribution in [0.25, 0.3) is 5.69 Å². The maximum Gasteiger partial charge on any atom is 0.250 e. The van der Waals surface area contributed by atoms with E-state index in [2.05, 4.69) is 52.2 Å². The van der Waals surface area contributed by atoms with Crippen LogP contribution in [0.3, 0.4) is 0 Å². The van der Waals surface area contributed by atoms with E-state index in [1.807, 2.05) is 23.7 Å². The minimum Gasteiger partial charge on any atom is -0.384 e. The van der Waals surface area contributed by atoms with Gasteiger partial charge in [-0.2, -0.15) is 5.10 Å². The molecule has 0 saturated carbocycles. The Balaban J connectivity index is 0.975. The van der Waals surface area contributed by atoms with E-state index in [4.69, 9.17) is 39.7 Å². The van der Waals surface area contributed by atoms with Crippen LogP contribution in [-0.4, -0.2) is 128 Å². The largest absolute Gasteiger partial charge is 0.384 e.